The van der Waals surface area contributed by atoms with E-state index >= 15 is 0 Å². The number of carbonyl (C=O) groups is 1. The molecular formula is C14H20ClN3O3. The molecule has 1 aromatic carbocycles. The quantitative estimate of drug-likeness (QED) is 0.513. The molecule has 0 saturated heterocycles. The van der Waals surface area contributed by atoms with Crippen LogP contribution in [0.25, 0.3) is 0 Å². The minimum Gasteiger partial charge on any atom is -0.397 e. The fraction of sp³-hybridized carbons (Fsp3) is 0.500. The second-order valence-electron chi connectivity index (χ2n) is 5.59. The number of nitrogen functional groups attached to an aromatic ring is 1. The molecule has 116 valence electrons. The molecule has 1 rings (SSSR count). The Balaban J connectivity index is 3.30. The molecule has 0 aliphatic heterocycles. The number of carbonyl (C=O) groups excluding carboxylic acids is 1. The molecule has 0 aromatic heterocycles. The van der Waals surface area contributed by atoms with Gasteiger partial charge in [-0.05, 0) is 19.8 Å². The number of anilines is 1. The average molecular weight is 314 g/mol. The Labute approximate surface area is 129 Å². The Kier molecular flexibility index (Phi) is 5.54. The summed E-state index contributed by atoms with van der Waals surface area (Å²) in [6, 6.07) is 2.28. The molecule has 0 aliphatic rings. The number of nitrogens with two attached hydrogens (primary N) is 1. The van der Waals surface area contributed by atoms with E-state index < -0.39 is 4.92 Å². The molecule has 0 radical (unpaired) electrons. The van der Waals surface area contributed by atoms with Gasteiger partial charge >= 0.3 is 0 Å². The van der Waals surface area contributed by atoms with E-state index in [4.69, 9.17) is 17.3 Å². The zero-order chi connectivity index (χ0) is 16.3. The van der Waals surface area contributed by atoms with Gasteiger partial charge in [0.25, 0.3) is 11.6 Å². The SMILES string of the molecule is CC(C)CN(C(=O)c1cc([N+](=O)[O-])cc(Cl)c1N)C(C)C. The van der Waals surface area contributed by atoms with Crippen LogP contribution in [0.2, 0.25) is 5.02 Å². The molecule has 0 heterocycles. The first-order valence-corrected chi connectivity index (χ1v) is 7.07. The Morgan fingerprint density at radius 2 is 1.95 bits per heavy atom. The maximum Gasteiger partial charge on any atom is 0.271 e. The lowest BCUT2D eigenvalue weighted by molar-refractivity contribution is -0.384. The molecule has 0 saturated carbocycles. The third-order valence-electron chi connectivity index (χ3n) is 3.00. The van der Waals surface area contributed by atoms with Crippen LogP contribution >= 0.6 is 11.6 Å². The smallest absolute Gasteiger partial charge is 0.271 e. The highest BCUT2D eigenvalue weighted by Gasteiger charge is 2.25. The highest BCUT2D eigenvalue weighted by Crippen LogP contribution is 2.30. The van der Waals surface area contributed by atoms with Crippen molar-refractivity contribution in [2.24, 2.45) is 5.92 Å². The maximum atomic E-state index is 12.6. The van der Waals surface area contributed by atoms with E-state index in [9.17, 15) is 14.9 Å². The summed E-state index contributed by atoms with van der Waals surface area (Å²) in [6.45, 7) is 8.29. The molecule has 0 fully saturated rings. The highest BCUT2D eigenvalue weighted by molar-refractivity contribution is 6.34. The van der Waals surface area contributed by atoms with Gasteiger partial charge in [-0.2, -0.15) is 0 Å². The van der Waals surface area contributed by atoms with Crippen LogP contribution in [0, 0.1) is 16.0 Å². The van der Waals surface area contributed by atoms with Crippen LogP contribution in [-0.2, 0) is 0 Å². The van der Waals surface area contributed by atoms with E-state index in [-0.39, 0.29) is 39.8 Å². The number of amides is 1. The number of halogens is 1. The van der Waals surface area contributed by atoms with Crippen LogP contribution in [0.15, 0.2) is 12.1 Å². The first kappa shape index (κ1) is 17.2. The summed E-state index contributed by atoms with van der Waals surface area (Å²) in [5.41, 5.74) is 5.72. The fourth-order valence-electron chi connectivity index (χ4n) is 1.96. The first-order valence-electron chi connectivity index (χ1n) is 6.69. The van der Waals surface area contributed by atoms with Crippen LogP contribution in [0.3, 0.4) is 0 Å². The van der Waals surface area contributed by atoms with Crippen molar-refractivity contribution in [1.82, 2.24) is 4.90 Å². The first-order chi connectivity index (χ1) is 9.65. The van der Waals surface area contributed by atoms with Crippen molar-refractivity contribution in [1.29, 1.82) is 0 Å². The third-order valence-corrected chi connectivity index (χ3v) is 3.31. The molecular weight excluding hydrogens is 294 g/mol. The number of non-ortho nitro benzene ring substituents is 1. The van der Waals surface area contributed by atoms with Gasteiger partial charge in [0.2, 0.25) is 0 Å². The number of nitrogens with zero attached hydrogens (tertiary/aromatic N) is 2. The van der Waals surface area contributed by atoms with Crippen molar-refractivity contribution in [2.45, 2.75) is 33.7 Å². The highest BCUT2D eigenvalue weighted by atomic mass is 35.5. The maximum absolute atomic E-state index is 12.6. The minimum absolute atomic E-state index is 0.0146. The van der Waals surface area contributed by atoms with Crippen LogP contribution < -0.4 is 5.73 Å². The van der Waals surface area contributed by atoms with Crippen molar-refractivity contribution in [3.63, 3.8) is 0 Å². The zero-order valence-corrected chi connectivity index (χ0v) is 13.3. The number of rotatable bonds is 5. The van der Waals surface area contributed by atoms with Crippen LogP contribution in [0.4, 0.5) is 11.4 Å². The summed E-state index contributed by atoms with van der Waals surface area (Å²) in [7, 11) is 0. The summed E-state index contributed by atoms with van der Waals surface area (Å²) in [6.07, 6.45) is 0. The minimum atomic E-state index is -0.593. The fourth-order valence-corrected chi connectivity index (χ4v) is 2.18. The van der Waals surface area contributed by atoms with Gasteiger partial charge in [0.1, 0.15) is 0 Å². The third kappa shape index (κ3) is 4.07. The molecule has 21 heavy (non-hydrogen) atoms. The van der Waals surface area contributed by atoms with E-state index in [0.29, 0.717) is 6.54 Å². The summed E-state index contributed by atoms with van der Waals surface area (Å²) < 4.78 is 0. The Bertz CT molecular complexity index is 559. The molecule has 7 heteroatoms. The van der Waals surface area contributed by atoms with E-state index in [1.807, 2.05) is 27.7 Å². The van der Waals surface area contributed by atoms with Crippen LogP contribution in [-0.4, -0.2) is 28.3 Å². The molecule has 0 aliphatic carbocycles. The van der Waals surface area contributed by atoms with Crippen molar-refractivity contribution < 1.29 is 9.72 Å². The van der Waals surface area contributed by atoms with Crippen molar-refractivity contribution in [3.05, 3.63) is 32.8 Å². The van der Waals surface area contributed by atoms with Gasteiger partial charge in [0.15, 0.2) is 0 Å². The monoisotopic (exact) mass is 313 g/mol. The molecule has 0 atom stereocenters. The Hall–Kier alpha value is -1.82. The van der Waals surface area contributed by atoms with Gasteiger partial charge in [0.05, 0.1) is 21.2 Å². The molecule has 1 aromatic rings. The standard InChI is InChI=1S/C14H20ClN3O3/c1-8(2)7-17(9(3)4)14(19)11-5-10(18(20)21)6-12(15)13(11)16/h5-6,8-9H,7,16H2,1-4H3. The van der Waals surface area contributed by atoms with Gasteiger partial charge in [-0.1, -0.05) is 25.4 Å². The predicted molar refractivity (Wildman–Crippen MR) is 83.5 cm³/mol. The van der Waals surface area contributed by atoms with E-state index in [1.165, 1.54) is 6.07 Å². The topological polar surface area (TPSA) is 89.5 Å². The summed E-state index contributed by atoms with van der Waals surface area (Å²) >= 11 is 5.90. The second kappa shape index (κ2) is 6.76. The lowest BCUT2D eigenvalue weighted by Crippen LogP contribution is -2.39. The van der Waals surface area contributed by atoms with E-state index in [0.717, 1.165) is 6.07 Å². The van der Waals surface area contributed by atoms with E-state index in [1.54, 1.807) is 4.90 Å². The largest absolute Gasteiger partial charge is 0.397 e. The molecule has 2 N–H and O–H groups in total. The molecule has 1 amide bonds. The lowest BCUT2D eigenvalue weighted by atomic mass is 10.1. The van der Waals surface area contributed by atoms with Gasteiger partial charge in [-0.3, -0.25) is 14.9 Å². The van der Waals surface area contributed by atoms with Crippen molar-refractivity contribution in [2.75, 3.05) is 12.3 Å². The van der Waals surface area contributed by atoms with Gasteiger partial charge < -0.3 is 10.6 Å². The molecule has 6 nitrogen and oxygen atoms in total. The number of benzene rings is 1. The second-order valence-corrected chi connectivity index (χ2v) is 6.00. The Morgan fingerprint density at radius 1 is 1.38 bits per heavy atom. The van der Waals surface area contributed by atoms with E-state index in [2.05, 4.69) is 0 Å². The summed E-state index contributed by atoms with van der Waals surface area (Å²) in [5.74, 6) is -0.0754. The normalized spacial score (nSPS) is 11.0. The average Bonchev–Trinajstić information content (AvgIpc) is 2.37. The molecule has 0 bridgehead atoms. The summed E-state index contributed by atoms with van der Waals surface area (Å²) in [5, 5.41) is 10.9. The zero-order valence-electron chi connectivity index (χ0n) is 12.6. The van der Waals surface area contributed by atoms with Gasteiger partial charge in [0, 0.05) is 24.7 Å². The van der Waals surface area contributed by atoms with Crippen molar-refractivity contribution in [3.8, 4) is 0 Å². The van der Waals surface area contributed by atoms with Crippen molar-refractivity contribution >= 4 is 28.9 Å². The number of hydrogen-bond donors (Lipinski definition) is 1. The summed E-state index contributed by atoms with van der Waals surface area (Å²) in [4.78, 5) is 24.6. The predicted octanol–water partition coefficient (Wildman–Crippen LogP) is 3.34. The van der Waals surface area contributed by atoms with Gasteiger partial charge in [-0.25, -0.2) is 0 Å². The van der Waals surface area contributed by atoms with Crippen LogP contribution in [0.5, 0.6) is 0 Å². The molecule has 0 spiro atoms. The van der Waals surface area contributed by atoms with Gasteiger partial charge in [-0.15, -0.1) is 0 Å². The number of nitro benzene ring substituents is 1. The number of hydrogen-bond acceptors (Lipinski definition) is 4. The molecule has 0 unspecified atom stereocenters. The lowest BCUT2D eigenvalue weighted by Gasteiger charge is -2.29. The Morgan fingerprint density at radius 3 is 2.38 bits per heavy atom. The number of nitro groups is 1. The van der Waals surface area contributed by atoms with Crippen LogP contribution in [0.1, 0.15) is 38.1 Å².